The van der Waals surface area contributed by atoms with E-state index < -0.39 is 24.0 Å². The molecule has 1 aromatic heterocycles. The van der Waals surface area contributed by atoms with Crippen LogP contribution in [0.3, 0.4) is 0 Å². The summed E-state index contributed by atoms with van der Waals surface area (Å²) in [5, 5.41) is 11.8. The van der Waals surface area contributed by atoms with Gasteiger partial charge in [0.15, 0.2) is 0 Å². The van der Waals surface area contributed by atoms with Crippen LogP contribution in [0.2, 0.25) is 0 Å². The van der Waals surface area contributed by atoms with Gasteiger partial charge in [-0.2, -0.15) is 9.45 Å². The molecule has 138 valence electrons. The lowest BCUT2D eigenvalue weighted by atomic mass is 9.93. The van der Waals surface area contributed by atoms with E-state index in [9.17, 15) is 18.8 Å². The number of benzene rings is 1. The smallest absolute Gasteiger partial charge is 0.212 e. The maximum Gasteiger partial charge on any atom is 0.212 e. The molecule has 27 heavy (non-hydrogen) atoms. The van der Waals surface area contributed by atoms with Crippen molar-refractivity contribution in [3.8, 4) is 0 Å². The Morgan fingerprint density at radius 2 is 2.00 bits per heavy atom. The van der Waals surface area contributed by atoms with Crippen molar-refractivity contribution in [1.82, 2.24) is 14.9 Å². The molecule has 5 nitrogen and oxygen atoms in total. The van der Waals surface area contributed by atoms with Crippen molar-refractivity contribution in [2.24, 2.45) is 0 Å². The lowest BCUT2D eigenvalue weighted by Crippen LogP contribution is -2.57. The number of aromatic nitrogens is 1. The number of allylic oxidation sites excluding steroid dienone is 2. The second-order valence-corrected chi connectivity index (χ2v) is 6.47. The van der Waals surface area contributed by atoms with Crippen molar-refractivity contribution >= 4 is 5.78 Å². The minimum absolute atomic E-state index is 0.113. The number of rotatable bonds is 3. The molecule has 1 aromatic carbocycles. The molecule has 2 atom stereocenters. The minimum Gasteiger partial charge on any atom is -0.347 e. The normalized spacial score (nSPS) is 22.6. The molecule has 0 saturated carbocycles. The standard InChI is InChI=1S/C20H17F2N3O2/c21-15-6-2-1-5-14(15)19-20(26)16-7-3-4-10-24(16)18(25(19)27)11-13-8-9-17(22)23-12-13/h1-9,12,18-19,27H,10-11H2. The molecule has 1 fully saturated rings. The summed E-state index contributed by atoms with van der Waals surface area (Å²) in [6.07, 6.45) is 6.35. The van der Waals surface area contributed by atoms with E-state index in [0.29, 0.717) is 17.8 Å². The van der Waals surface area contributed by atoms with E-state index in [1.807, 2.05) is 6.08 Å². The highest BCUT2D eigenvalue weighted by atomic mass is 19.1. The van der Waals surface area contributed by atoms with E-state index in [1.54, 1.807) is 29.2 Å². The maximum absolute atomic E-state index is 14.4. The summed E-state index contributed by atoms with van der Waals surface area (Å²) in [5.41, 5.74) is 1.22. The molecule has 1 N–H and O–H groups in total. The molecule has 0 aliphatic carbocycles. The van der Waals surface area contributed by atoms with Gasteiger partial charge in [-0.05, 0) is 23.8 Å². The Bertz CT molecular complexity index is 927. The van der Waals surface area contributed by atoms with Gasteiger partial charge in [-0.25, -0.2) is 9.37 Å². The first kappa shape index (κ1) is 17.5. The number of carbonyl (C=O) groups is 1. The molecule has 0 spiro atoms. The first-order valence-electron chi connectivity index (χ1n) is 8.56. The highest BCUT2D eigenvalue weighted by Gasteiger charge is 2.45. The van der Waals surface area contributed by atoms with Crippen LogP contribution in [0.15, 0.2) is 66.5 Å². The minimum atomic E-state index is -1.15. The van der Waals surface area contributed by atoms with Gasteiger partial charge in [0.05, 0.1) is 5.70 Å². The van der Waals surface area contributed by atoms with Crippen molar-refractivity contribution in [3.63, 3.8) is 0 Å². The van der Waals surface area contributed by atoms with Crippen molar-refractivity contribution in [1.29, 1.82) is 0 Å². The third kappa shape index (κ3) is 3.15. The average Bonchev–Trinajstić information content (AvgIpc) is 2.68. The predicted octanol–water partition coefficient (Wildman–Crippen LogP) is 3.00. The first-order valence-corrected chi connectivity index (χ1v) is 8.56. The van der Waals surface area contributed by atoms with Gasteiger partial charge in [0.2, 0.25) is 11.7 Å². The number of fused-ring (bicyclic) bond motifs is 1. The fourth-order valence-corrected chi connectivity index (χ4v) is 3.53. The first-order chi connectivity index (χ1) is 13.1. The zero-order valence-corrected chi connectivity index (χ0v) is 14.3. The van der Waals surface area contributed by atoms with Gasteiger partial charge in [-0.15, -0.1) is 0 Å². The molecule has 2 aliphatic heterocycles. The lowest BCUT2D eigenvalue weighted by Gasteiger charge is -2.47. The summed E-state index contributed by atoms with van der Waals surface area (Å²) in [6.45, 7) is 0.428. The summed E-state index contributed by atoms with van der Waals surface area (Å²) in [7, 11) is 0. The molecule has 1 saturated heterocycles. The van der Waals surface area contributed by atoms with Crippen LogP contribution in [0.25, 0.3) is 0 Å². The van der Waals surface area contributed by atoms with Crippen molar-refractivity contribution in [3.05, 3.63) is 89.4 Å². The average molecular weight is 369 g/mol. The second kappa shape index (κ2) is 7.02. The molecule has 7 heteroatoms. The van der Waals surface area contributed by atoms with Crippen LogP contribution < -0.4 is 0 Å². The molecule has 3 heterocycles. The van der Waals surface area contributed by atoms with Crippen LogP contribution in [-0.2, 0) is 11.2 Å². The van der Waals surface area contributed by atoms with E-state index in [1.165, 1.54) is 30.5 Å². The number of hydrogen-bond donors (Lipinski definition) is 1. The van der Waals surface area contributed by atoms with Gasteiger partial charge in [-0.1, -0.05) is 36.4 Å². The highest BCUT2D eigenvalue weighted by Crippen LogP contribution is 2.36. The zero-order chi connectivity index (χ0) is 19.0. The van der Waals surface area contributed by atoms with E-state index in [2.05, 4.69) is 4.98 Å². The Kier molecular flexibility index (Phi) is 4.55. The largest absolute Gasteiger partial charge is 0.347 e. The molecular weight excluding hydrogens is 352 g/mol. The topological polar surface area (TPSA) is 56.7 Å². The quantitative estimate of drug-likeness (QED) is 0.843. The van der Waals surface area contributed by atoms with Crippen LogP contribution in [0.1, 0.15) is 17.2 Å². The Hall–Kier alpha value is -2.90. The summed E-state index contributed by atoms with van der Waals surface area (Å²) in [4.78, 5) is 18.4. The molecule has 4 rings (SSSR count). The summed E-state index contributed by atoms with van der Waals surface area (Å²) in [5.74, 6) is -1.53. The van der Waals surface area contributed by atoms with Crippen LogP contribution >= 0.6 is 0 Å². The molecule has 0 bridgehead atoms. The number of pyridine rings is 1. The Labute approximate surface area is 154 Å². The van der Waals surface area contributed by atoms with E-state index in [-0.39, 0.29) is 17.8 Å². The third-order valence-corrected chi connectivity index (χ3v) is 4.84. The summed E-state index contributed by atoms with van der Waals surface area (Å²) >= 11 is 0. The van der Waals surface area contributed by atoms with E-state index in [4.69, 9.17) is 0 Å². The van der Waals surface area contributed by atoms with Crippen molar-refractivity contribution in [2.45, 2.75) is 18.6 Å². The number of hydroxylamine groups is 2. The number of carbonyl (C=O) groups excluding carboxylic acids is 1. The fraction of sp³-hybridized carbons (Fsp3) is 0.200. The number of hydrogen-bond acceptors (Lipinski definition) is 5. The number of halogens is 2. The third-order valence-electron chi connectivity index (χ3n) is 4.84. The van der Waals surface area contributed by atoms with Crippen molar-refractivity contribution in [2.75, 3.05) is 6.54 Å². The van der Waals surface area contributed by atoms with Gasteiger partial charge in [0.1, 0.15) is 18.0 Å². The SMILES string of the molecule is O=C1C2=CC=CCN2C(Cc2ccc(F)nc2)N(O)C1c1ccccc1F. The van der Waals surface area contributed by atoms with Crippen LogP contribution in [0, 0.1) is 11.8 Å². The fourth-order valence-electron chi connectivity index (χ4n) is 3.53. The summed E-state index contributed by atoms with van der Waals surface area (Å²) < 4.78 is 27.5. The van der Waals surface area contributed by atoms with Crippen molar-refractivity contribution < 1.29 is 18.8 Å². The Morgan fingerprint density at radius 1 is 1.19 bits per heavy atom. The molecule has 0 radical (unpaired) electrons. The highest BCUT2D eigenvalue weighted by molar-refractivity contribution is 6.00. The van der Waals surface area contributed by atoms with Gasteiger partial charge in [0, 0.05) is 24.7 Å². The van der Waals surface area contributed by atoms with E-state index >= 15 is 0 Å². The Balaban J connectivity index is 1.74. The van der Waals surface area contributed by atoms with Crippen LogP contribution in [0.4, 0.5) is 8.78 Å². The molecule has 2 unspecified atom stereocenters. The van der Waals surface area contributed by atoms with E-state index in [0.717, 1.165) is 5.06 Å². The van der Waals surface area contributed by atoms with Gasteiger partial charge in [-0.3, -0.25) is 4.79 Å². The lowest BCUT2D eigenvalue weighted by molar-refractivity contribution is -0.209. The number of ketones is 1. The van der Waals surface area contributed by atoms with Gasteiger partial charge in [0.25, 0.3) is 0 Å². The van der Waals surface area contributed by atoms with Gasteiger partial charge < -0.3 is 10.1 Å². The monoisotopic (exact) mass is 369 g/mol. The van der Waals surface area contributed by atoms with Gasteiger partial charge >= 0.3 is 0 Å². The van der Waals surface area contributed by atoms with Crippen LogP contribution in [0.5, 0.6) is 0 Å². The number of nitrogens with zero attached hydrogens (tertiary/aromatic N) is 3. The summed E-state index contributed by atoms with van der Waals surface area (Å²) in [6, 6.07) is 7.58. The number of Topliss-reactive ketones (excluding diaryl/α,β-unsaturated/α-hetero) is 1. The maximum atomic E-state index is 14.4. The second-order valence-electron chi connectivity index (χ2n) is 6.47. The predicted molar refractivity (Wildman–Crippen MR) is 93.4 cm³/mol. The Morgan fingerprint density at radius 3 is 2.74 bits per heavy atom. The molecule has 2 aliphatic rings. The molecule has 2 aromatic rings. The molecule has 0 amide bonds. The molecular formula is C20H17F2N3O2. The zero-order valence-electron chi connectivity index (χ0n) is 14.3. The van der Waals surface area contributed by atoms with Crippen LogP contribution in [-0.4, -0.2) is 38.6 Å².